The van der Waals surface area contributed by atoms with Crippen LogP contribution in [0.25, 0.3) is 0 Å². The fraction of sp³-hybridized carbons (Fsp3) is 0.250. The van der Waals surface area contributed by atoms with Crippen LogP contribution in [-0.2, 0) is 14.4 Å². The highest BCUT2D eigenvalue weighted by atomic mass is 32.1. The minimum atomic E-state index is -1.12. The SMILES string of the molecule is COCO/N=C(\C(=O)O)c1cccs1. The number of thiophene rings is 1. The summed E-state index contributed by atoms with van der Waals surface area (Å²) < 4.78 is 4.57. The van der Waals surface area contributed by atoms with Crippen molar-refractivity contribution in [2.45, 2.75) is 0 Å². The average Bonchev–Trinajstić information content (AvgIpc) is 2.64. The first-order valence-corrected chi connectivity index (χ1v) is 4.59. The Morgan fingerprint density at radius 3 is 3.00 bits per heavy atom. The molecule has 0 fully saturated rings. The van der Waals surface area contributed by atoms with E-state index >= 15 is 0 Å². The molecular weight excluding hydrogens is 206 g/mol. The molecule has 0 saturated heterocycles. The van der Waals surface area contributed by atoms with Crippen molar-refractivity contribution in [1.29, 1.82) is 0 Å². The number of carbonyl (C=O) groups is 1. The number of carboxylic acid groups (broad SMARTS) is 1. The molecule has 1 aromatic rings. The predicted molar refractivity (Wildman–Crippen MR) is 51.5 cm³/mol. The molecule has 0 unspecified atom stereocenters. The fourth-order valence-corrected chi connectivity index (χ4v) is 1.44. The Morgan fingerprint density at radius 1 is 1.71 bits per heavy atom. The minimum Gasteiger partial charge on any atom is -0.476 e. The van der Waals surface area contributed by atoms with Crippen LogP contribution in [0.2, 0.25) is 0 Å². The molecule has 1 rings (SSSR count). The van der Waals surface area contributed by atoms with Crippen LogP contribution in [-0.4, -0.2) is 30.7 Å². The highest BCUT2D eigenvalue weighted by Gasteiger charge is 2.14. The van der Waals surface area contributed by atoms with Gasteiger partial charge in [0.2, 0.25) is 12.5 Å². The van der Waals surface area contributed by atoms with Crippen LogP contribution in [0, 0.1) is 0 Å². The molecule has 1 aromatic heterocycles. The molecule has 0 radical (unpaired) electrons. The Labute approximate surface area is 84.6 Å². The Hall–Kier alpha value is -1.40. The van der Waals surface area contributed by atoms with Gasteiger partial charge in [-0.2, -0.15) is 0 Å². The fourth-order valence-electron chi connectivity index (χ4n) is 0.746. The molecule has 14 heavy (non-hydrogen) atoms. The second-order valence-corrected chi connectivity index (χ2v) is 3.21. The van der Waals surface area contributed by atoms with Gasteiger partial charge >= 0.3 is 5.97 Å². The predicted octanol–water partition coefficient (Wildman–Crippen LogP) is 1.16. The van der Waals surface area contributed by atoms with Gasteiger partial charge in [0.05, 0.1) is 4.88 Å². The van der Waals surface area contributed by atoms with E-state index in [0.29, 0.717) is 4.88 Å². The molecule has 0 aromatic carbocycles. The second-order valence-electron chi connectivity index (χ2n) is 2.26. The summed E-state index contributed by atoms with van der Waals surface area (Å²) in [5, 5.41) is 14.0. The second kappa shape index (κ2) is 5.36. The monoisotopic (exact) mass is 215 g/mol. The Balaban J connectivity index is 2.75. The summed E-state index contributed by atoms with van der Waals surface area (Å²) in [5.41, 5.74) is -0.114. The topological polar surface area (TPSA) is 68.1 Å². The maximum Gasteiger partial charge on any atom is 0.359 e. The number of nitrogens with zero attached hydrogens (tertiary/aromatic N) is 1. The molecule has 76 valence electrons. The number of carboxylic acids is 1. The number of ether oxygens (including phenoxy) is 1. The molecule has 1 N–H and O–H groups in total. The molecule has 0 saturated carbocycles. The number of hydrogen-bond donors (Lipinski definition) is 1. The number of hydrogen-bond acceptors (Lipinski definition) is 5. The first-order chi connectivity index (χ1) is 6.75. The summed E-state index contributed by atoms with van der Waals surface area (Å²) in [6.07, 6.45) is 0. The number of oxime groups is 1. The zero-order valence-corrected chi connectivity index (χ0v) is 8.28. The van der Waals surface area contributed by atoms with E-state index in [4.69, 9.17) is 5.11 Å². The van der Waals surface area contributed by atoms with Crippen LogP contribution in [0.3, 0.4) is 0 Å². The lowest BCUT2D eigenvalue weighted by Crippen LogP contribution is -2.13. The third-order valence-electron chi connectivity index (χ3n) is 1.28. The molecule has 5 nitrogen and oxygen atoms in total. The van der Waals surface area contributed by atoms with Crippen molar-refractivity contribution in [3.63, 3.8) is 0 Å². The van der Waals surface area contributed by atoms with Gasteiger partial charge in [-0.25, -0.2) is 4.79 Å². The van der Waals surface area contributed by atoms with Crippen LogP contribution < -0.4 is 0 Å². The van der Waals surface area contributed by atoms with E-state index in [-0.39, 0.29) is 12.5 Å². The standard InChI is InChI=1S/C8H9NO4S/c1-12-5-13-9-7(8(10)11)6-3-2-4-14-6/h2-4H,5H2,1H3,(H,10,11)/b9-7-. The molecule has 0 atom stereocenters. The van der Waals surface area contributed by atoms with Crippen molar-refractivity contribution in [3.05, 3.63) is 22.4 Å². The van der Waals surface area contributed by atoms with Crippen LogP contribution in [0.1, 0.15) is 4.88 Å². The summed E-state index contributed by atoms with van der Waals surface area (Å²) in [4.78, 5) is 15.9. The summed E-state index contributed by atoms with van der Waals surface area (Å²) in [6, 6.07) is 3.41. The molecule has 0 spiro atoms. The molecule has 6 heteroatoms. The zero-order valence-electron chi connectivity index (χ0n) is 7.47. The number of aliphatic carboxylic acids is 1. The third-order valence-corrected chi connectivity index (χ3v) is 2.16. The molecule has 0 aliphatic rings. The van der Waals surface area contributed by atoms with Gasteiger partial charge in [0.25, 0.3) is 0 Å². The molecule has 0 aliphatic carbocycles. The quantitative estimate of drug-likeness (QED) is 0.346. The first kappa shape index (κ1) is 10.7. The highest BCUT2D eigenvalue weighted by Crippen LogP contribution is 2.10. The largest absolute Gasteiger partial charge is 0.476 e. The van der Waals surface area contributed by atoms with Crippen LogP contribution in [0.5, 0.6) is 0 Å². The van der Waals surface area contributed by atoms with Crippen molar-refractivity contribution in [1.82, 2.24) is 0 Å². The normalized spacial score (nSPS) is 11.4. The number of rotatable bonds is 5. The molecule has 0 bridgehead atoms. The van der Waals surface area contributed by atoms with Crippen LogP contribution in [0.4, 0.5) is 0 Å². The maximum atomic E-state index is 10.7. The summed E-state index contributed by atoms with van der Waals surface area (Å²) in [5.74, 6) is -1.12. The number of methoxy groups -OCH3 is 1. The van der Waals surface area contributed by atoms with Crippen LogP contribution in [0.15, 0.2) is 22.7 Å². The van der Waals surface area contributed by atoms with Crippen LogP contribution >= 0.6 is 11.3 Å². The molecule has 1 heterocycles. The van der Waals surface area contributed by atoms with Gasteiger partial charge < -0.3 is 14.7 Å². The van der Waals surface area contributed by atoms with Gasteiger partial charge in [-0.1, -0.05) is 11.2 Å². The van der Waals surface area contributed by atoms with E-state index in [0.717, 1.165) is 0 Å². The maximum absolute atomic E-state index is 10.7. The lowest BCUT2D eigenvalue weighted by atomic mass is 10.3. The molecular formula is C8H9NO4S. The van der Waals surface area contributed by atoms with Gasteiger partial charge in [0.1, 0.15) is 0 Å². The van der Waals surface area contributed by atoms with E-state index in [2.05, 4.69) is 14.7 Å². The lowest BCUT2D eigenvalue weighted by Gasteiger charge is -1.98. The van der Waals surface area contributed by atoms with Crippen molar-refractivity contribution in [2.75, 3.05) is 13.9 Å². The average molecular weight is 215 g/mol. The molecule has 0 aliphatic heterocycles. The lowest BCUT2D eigenvalue weighted by molar-refractivity contribution is -0.129. The van der Waals surface area contributed by atoms with Crippen molar-refractivity contribution < 1.29 is 19.5 Å². The Bertz CT molecular complexity index is 320. The first-order valence-electron chi connectivity index (χ1n) is 3.71. The van der Waals surface area contributed by atoms with E-state index in [1.165, 1.54) is 18.4 Å². The van der Waals surface area contributed by atoms with Gasteiger partial charge in [0.15, 0.2) is 0 Å². The molecule has 0 amide bonds. The smallest absolute Gasteiger partial charge is 0.359 e. The summed E-state index contributed by atoms with van der Waals surface area (Å²) >= 11 is 1.28. The van der Waals surface area contributed by atoms with Crippen molar-refractivity contribution in [2.24, 2.45) is 5.16 Å². The van der Waals surface area contributed by atoms with Gasteiger partial charge in [-0.15, -0.1) is 11.3 Å². The third kappa shape index (κ3) is 2.82. The highest BCUT2D eigenvalue weighted by molar-refractivity contribution is 7.13. The minimum absolute atomic E-state index is 0.0673. The van der Waals surface area contributed by atoms with Gasteiger partial charge in [-0.05, 0) is 11.4 Å². The van der Waals surface area contributed by atoms with Crippen molar-refractivity contribution in [3.8, 4) is 0 Å². The zero-order chi connectivity index (χ0) is 10.4. The van der Waals surface area contributed by atoms with Gasteiger partial charge in [-0.3, -0.25) is 0 Å². The van der Waals surface area contributed by atoms with E-state index in [9.17, 15) is 4.79 Å². The van der Waals surface area contributed by atoms with E-state index in [1.54, 1.807) is 17.5 Å². The van der Waals surface area contributed by atoms with Crippen molar-refractivity contribution >= 4 is 23.0 Å². The summed E-state index contributed by atoms with van der Waals surface area (Å²) in [6.45, 7) is -0.0673. The van der Waals surface area contributed by atoms with E-state index in [1.807, 2.05) is 0 Å². The summed E-state index contributed by atoms with van der Waals surface area (Å²) in [7, 11) is 1.43. The van der Waals surface area contributed by atoms with E-state index < -0.39 is 5.97 Å². The Kier molecular flexibility index (Phi) is 4.09. The van der Waals surface area contributed by atoms with Gasteiger partial charge in [0, 0.05) is 7.11 Å². The Morgan fingerprint density at radius 2 is 2.50 bits per heavy atom.